The van der Waals surface area contributed by atoms with Crippen molar-refractivity contribution in [1.82, 2.24) is 20.6 Å². The molecule has 2 rings (SSSR count). The maximum Gasteiger partial charge on any atom is 0.342 e. The van der Waals surface area contributed by atoms with Gasteiger partial charge in [-0.15, -0.1) is 5.10 Å². The highest BCUT2D eigenvalue weighted by atomic mass is 16.4. The van der Waals surface area contributed by atoms with E-state index >= 15 is 0 Å². The summed E-state index contributed by atoms with van der Waals surface area (Å²) in [7, 11) is 0. The van der Waals surface area contributed by atoms with Crippen LogP contribution in [0.5, 0.6) is 0 Å². The number of H-pyrrole nitrogens is 2. The number of carboxylic acid groups (broad SMARTS) is 1. The first-order valence-corrected chi connectivity index (χ1v) is 6.98. The highest BCUT2D eigenvalue weighted by Crippen LogP contribution is 2.02. The molecule has 1 aromatic heterocycles. The summed E-state index contributed by atoms with van der Waals surface area (Å²) in [6.07, 6.45) is 1.33. The van der Waals surface area contributed by atoms with E-state index in [0.717, 1.165) is 0 Å². The van der Waals surface area contributed by atoms with Crippen LogP contribution in [0, 0.1) is 0 Å². The fourth-order valence-corrected chi connectivity index (χ4v) is 1.70. The van der Waals surface area contributed by atoms with Gasteiger partial charge in [-0.1, -0.05) is 12.1 Å². The summed E-state index contributed by atoms with van der Waals surface area (Å²) in [5, 5.41) is 20.6. The zero-order chi connectivity index (χ0) is 18.4. The number of carbonyl (C=O) groups is 2. The van der Waals surface area contributed by atoms with Gasteiger partial charge in [-0.05, 0) is 24.6 Å². The maximum absolute atomic E-state index is 11.9. The fourth-order valence-electron chi connectivity index (χ4n) is 1.70. The molecule has 0 bridgehead atoms. The summed E-state index contributed by atoms with van der Waals surface area (Å²) in [6, 6.07) is 5.02. The van der Waals surface area contributed by atoms with Gasteiger partial charge >= 0.3 is 11.7 Å². The SMILES string of the molecule is CC(Nc1n[nH]c(=O)[nH]c1=O)C(=O)NN=Cc1ccc(C(=O)O)cc1. The molecule has 1 heterocycles. The van der Waals surface area contributed by atoms with E-state index in [4.69, 9.17) is 5.11 Å². The van der Waals surface area contributed by atoms with E-state index in [2.05, 4.69) is 20.9 Å². The first kappa shape index (κ1) is 17.6. The number of rotatable bonds is 6. The highest BCUT2D eigenvalue weighted by Gasteiger charge is 2.14. The summed E-state index contributed by atoms with van der Waals surface area (Å²) in [5.74, 6) is -1.80. The second-order valence-corrected chi connectivity index (χ2v) is 4.88. The highest BCUT2D eigenvalue weighted by molar-refractivity contribution is 5.90. The van der Waals surface area contributed by atoms with E-state index in [0.29, 0.717) is 5.56 Å². The largest absolute Gasteiger partial charge is 0.478 e. The minimum absolute atomic E-state index is 0.137. The van der Waals surface area contributed by atoms with Crippen LogP contribution in [0.15, 0.2) is 39.0 Å². The number of hydrogen-bond donors (Lipinski definition) is 5. The molecule has 0 spiro atoms. The van der Waals surface area contributed by atoms with Crippen molar-refractivity contribution in [3.8, 4) is 0 Å². The molecule has 5 N–H and O–H groups in total. The Morgan fingerprint density at radius 2 is 1.96 bits per heavy atom. The van der Waals surface area contributed by atoms with Crippen LogP contribution in [0.25, 0.3) is 0 Å². The van der Waals surface area contributed by atoms with Crippen LogP contribution in [-0.2, 0) is 4.79 Å². The first-order valence-electron chi connectivity index (χ1n) is 6.98. The molecule has 0 aliphatic heterocycles. The predicted octanol–water partition coefficient (Wildman–Crippen LogP) is -0.893. The van der Waals surface area contributed by atoms with Gasteiger partial charge in [0.15, 0.2) is 0 Å². The molecule has 0 aliphatic rings. The normalized spacial score (nSPS) is 11.9. The van der Waals surface area contributed by atoms with Gasteiger partial charge in [-0.2, -0.15) is 5.10 Å². The molecular weight excluding hydrogens is 332 g/mol. The number of carboxylic acids is 1. The number of nitrogens with zero attached hydrogens (tertiary/aromatic N) is 2. The molecule has 130 valence electrons. The molecule has 25 heavy (non-hydrogen) atoms. The number of aromatic carboxylic acids is 1. The quantitative estimate of drug-likeness (QED) is 0.333. The third kappa shape index (κ3) is 4.86. The number of amides is 1. The van der Waals surface area contributed by atoms with Crippen LogP contribution in [0.1, 0.15) is 22.8 Å². The second-order valence-electron chi connectivity index (χ2n) is 4.88. The number of nitrogens with one attached hydrogen (secondary N) is 4. The van der Waals surface area contributed by atoms with Crippen molar-refractivity contribution in [2.45, 2.75) is 13.0 Å². The molecule has 1 amide bonds. The van der Waals surface area contributed by atoms with Gasteiger partial charge in [0.2, 0.25) is 5.82 Å². The average Bonchev–Trinajstić information content (AvgIpc) is 2.57. The molecule has 0 saturated carbocycles. The van der Waals surface area contributed by atoms with Gasteiger partial charge in [0, 0.05) is 0 Å². The van der Waals surface area contributed by atoms with Crippen molar-refractivity contribution < 1.29 is 14.7 Å². The third-order valence-corrected chi connectivity index (χ3v) is 3.00. The Balaban J connectivity index is 1.93. The van der Waals surface area contributed by atoms with Gasteiger partial charge in [-0.3, -0.25) is 14.6 Å². The van der Waals surface area contributed by atoms with Crippen molar-refractivity contribution >= 4 is 23.9 Å². The van der Waals surface area contributed by atoms with Crippen molar-refractivity contribution in [2.24, 2.45) is 5.10 Å². The van der Waals surface area contributed by atoms with Crippen LogP contribution in [0.3, 0.4) is 0 Å². The molecule has 1 atom stereocenters. The topological polar surface area (TPSA) is 169 Å². The Kier molecular flexibility index (Phi) is 5.40. The standard InChI is InChI=1S/C14H14N6O5/c1-7(16-10-12(22)17-14(25)20-18-10)11(21)19-15-6-8-2-4-9(5-3-8)13(23)24/h2-7H,1H3,(H,16,18)(H,19,21)(H,23,24)(H2,17,20,22,25). The number of carbonyl (C=O) groups excluding carboxylic acids is 1. The Labute approximate surface area is 139 Å². The molecule has 0 aliphatic carbocycles. The molecule has 1 unspecified atom stereocenters. The molecule has 0 radical (unpaired) electrons. The van der Waals surface area contributed by atoms with Gasteiger partial charge in [0.1, 0.15) is 6.04 Å². The number of aromatic nitrogens is 3. The fraction of sp³-hybridized carbons (Fsp3) is 0.143. The second kappa shape index (κ2) is 7.68. The van der Waals surface area contributed by atoms with Crippen molar-refractivity contribution in [2.75, 3.05) is 5.32 Å². The van der Waals surface area contributed by atoms with Crippen molar-refractivity contribution in [1.29, 1.82) is 0 Å². The molecular formula is C14H14N6O5. The number of anilines is 1. The monoisotopic (exact) mass is 346 g/mol. The Morgan fingerprint density at radius 1 is 1.28 bits per heavy atom. The summed E-state index contributed by atoms with van der Waals surface area (Å²) in [4.78, 5) is 46.9. The lowest BCUT2D eigenvalue weighted by Gasteiger charge is -2.11. The summed E-state index contributed by atoms with van der Waals surface area (Å²) in [5.41, 5.74) is 1.47. The lowest BCUT2D eigenvalue weighted by atomic mass is 10.1. The van der Waals surface area contributed by atoms with E-state index in [1.165, 1.54) is 37.4 Å². The summed E-state index contributed by atoms with van der Waals surface area (Å²) >= 11 is 0. The molecule has 0 saturated heterocycles. The lowest BCUT2D eigenvalue weighted by molar-refractivity contribution is -0.121. The minimum atomic E-state index is -1.04. The Bertz CT molecular complexity index is 914. The van der Waals surface area contributed by atoms with E-state index in [9.17, 15) is 19.2 Å². The molecule has 11 nitrogen and oxygen atoms in total. The van der Waals surface area contributed by atoms with E-state index in [1.54, 1.807) is 0 Å². The lowest BCUT2D eigenvalue weighted by Crippen LogP contribution is -2.38. The van der Waals surface area contributed by atoms with E-state index in [-0.39, 0.29) is 11.4 Å². The predicted molar refractivity (Wildman–Crippen MR) is 87.7 cm³/mol. The van der Waals surface area contributed by atoms with Gasteiger partial charge in [-0.25, -0.2) is 20.1 Å². The molecule has 1 aromatic carbocycles. The van der Waals surface area contributed by atoms with Crippen molar-refractivity contribution in [3.63, 3.8) is 0 Å². The summed E-state index contributed by atoms with van der Waals surface area (Å²) in [6.45, 7) is 1.47. The molecule has 11 heteroatoms. The minimum Gasteiger partial charge on any atom is -0.478 e. The van der Waals surface area contributed by atoms with Crippen LogP contribution >= 0.6 is 0 Å². The van der Waals surface area contributed by atoms with Crippen LogP contribution < -0.4 is 22.0 Å². The number of benzene rings is 1. The van der Waals surface area contributed by atoms with Gasteiger partial charge in [0.25, 0.3) is 11.5 Å². The first-order chi connectivity index (χ1) is 11.9. The number of aromatic amines is 2. The van der Waals surface area contributed by atoms with E-state index < -0.39 is 29.2 Å². The Hall–Kier alpha value is -3.76. The Morgan fingerprint density at radius 3 is 2.56 bits per heavy atom. The van der Waals surface area contributed by atoms with E-state index in [1.807, 2.05) is 10.1 Å². The van der Waals surface area contributed by atoms with Crippen molar-refractivity contribution in [3.05, 3.63) is 56.2 Å². The third-order valence-electron chi connectivity index (χ3n) is 3.00. The van der Waals surface area contributed by atoms with Crippen LogP contribution in [-0.4, -0.2) is 44.4 Å². The maximum atomic E-state index is 11.9. The zero-order valence-corrected chi connectivity index (χ0v) is 12.9. The molecule has 2 aromatic rings. The number of hydrazone groups is 1. The average molecular weight is 346 g/mol. The van der Waals surface area contributed by atoms with Crippen LogP contribution in [0.4, 0.5) is 5.82 Å². The van der Waals surface area contributed by atoms with Gasteiger partial charge < -0.3 is 10.4 Å². The van der Waals surface area contributed by atoms with Crippen LogP contribution in [0.2, 0.25) is 0 Å². The smallest absolute Gasteiger partial charge is 0.342 e. The summed E-state index contributed by atoms with van der Waals surface area (Å²) < 4.78 is 0. The van der Waals surface area contributed by atoms with Gasteiger partial charge in [0.05, 0.1) is 11.8 Å². The zero-order valence-electron chi connectivity index (χ0n) is 12.9. The molecule has 0 fully saturated rings. The number of hydrogen-bond acceptors (Lipinski definition) is 7.